The Morgan fingerprint density at radius 3 is 2.88 bits per heavy atom. The highest BCUT2D eigenvalue weighted by molar-refractivity contribution is 7.99. The van der Waals surface area contributed by atoms with E-state index in [4.69, 9.17) is 20.8 Å². The van der Waals surface area contributed by atoms with E-state index in [2.05, 4.69) is 11.1 Å². The third kappa shape index (κ3) is 4.18. The van der Waals surface area contributed by atoms with E-state index in [1.165, 1.54) is 10.5 Å². The molecule has 0 saturated carbocycles. The molecule has 1 aliphatic heterocycles. The second-order valence-electron chi connectivity index (χ2n) is 6.22. The highest BCUT2D eigenvalue weighted by atomic mass is 35.5. The van der Waals surface area contributed by atoms with Crippen molar-refractivity contribution in [3.8, 4) is 0 Å². The van der Waals surface area contributed by atoms with Gasteiger partial charge in [0.05, 0.1) is 6.61 Å². The summed E-state index contributed by atoms with van der Waals surface area (Å²) in [6.07, 6.45) is 0.200. The molecule has 2 heterocycles. The molecule has 1 fully saturated rings. The molecule has 1 unspecified atom stereocenters. The van der Waals surface area contributed by atoms with Gasteiger partial charge in [-0.1, -0.05) is 53.7 Å². The third-order valence-corrected chi connectivity index (χ3v) is 5.72. The van der Waals surface area contributed by atoms with Gasteiger partial charge in [0.1, 0.15) is 31.3 Å². The van der Waals surface area contributed by atoms with E-state index in [1.54, 1.807) is 11.8 Å². The van der Waals surface area contributed by atoms with Crippen LogP contribution in [0.4, 0.5) is 0 Å². The second-order valence-corrected chi connectivity index (χ2v) is 7.60. The minimum atomic E-state index is 0.200. The average molecular weight is 376 g/mol. The van der Waals surface area contributed by atoms with Gasteiger partial charge < -0.3 is 14.1 Å². The van der Waals surface area contributed by atoms with Crippen molar-refractivity contribution in [1.82, 2.24) is 4.98 Å². The summed E-state index contributed by atoms with van der Waals surface area (Å²) in [4.78, 5) is 6.01. The van der Waals surface area contributed by atoms with Gasteiger partial charge in [-0.15, -0.1) is 0 Å². The Kier molecular flexibility index (Phi) is 5.27. The molecule has 1 saturated heterocycles. The molecular weight excluding hydrogens is 356 g/mol. The Bertz CT molecular complexity index is 821. The normalized spacial score (nSPS) is 20.8. The molecule has 6 heteroatoms. The van der Waals surface area contributed by atoms with Crippen LogP contribution in [0.3, 0.4) is 0 Å². The quantitative estimate of drug-likeness (QED) is 0.696. The predicted molar refractivity (Wildman–Crippen MR) is 100 cm³/mol. The average Bonchev–Trinajstić information content (AvgIpc) is 3.05. The monoisotopic (exact) mass is 375 g/mol. The maximum Gasteiger partial charge on any atom is 0.256 e. The fraction of sp³-hybridized carbons (Fsp3) is 0.316. The van der Waals surface area contributed by atoms with Gasteiger partial charge >= 0.3 is 0 Å². The maximum atomic E-state index is 6.29. The number of nitrogens with zero attached hydrogens (tertiary/aromatic N) is 1. The number of hydrogen-bond acceptors (Lipinski definition) is 4. The lowest BCUT2D eigenvalue weighted by molar-refractivity contribution is -0.924. The molecule has 25 heavy (non-hydrogen) atoms. The number of halogens is 1. The first-order valence-corrected chi connectivity index (χ1v) is 9.81. The van der Waals surface area contributed by atoms with Crippen LogP contribution in [0.5, 0.6) is 0 Å². The molecule has 0 spiro atoms. The lowest BCUT2D eigenvalue weighted by Gasteiger charge is -2.30. The first-order valence-electron chi connectivity index (χ1n) is 8.45. The van der Waals surface area contributed by atoms with E-state index in [-0.39, 0.29) is 6.10 Å². The molecule has 4 rings (SSSR count). The standard InChI is InChI=1S/C19H19ClN2O2S/c20-16-6-2-1-5-14(16)11-22-9-10-23-15(12-22)13-25-19-21-17-7-3-4-8-18(17)24-19/h1-8,15H,9-13H2/p+1/t15-/m0/s1. The van der Waals surface area contributed by atoms with Crippen molar-refractivity contribution < 1.29 is 14.1 Å². The second kappa shape index (κ2) is 7.79. The number of oxazole rings is 1. The molecule has 2 atom stereocenters. The number of benzene rings is 2. The fourth-order valence-electron chi connectivity index (χ4n) is 3.11. The largest absolute Gasteiger partial charge is 0.431 e. The number of nitrogens with one attached hydrogen (secondary N) is 1. The van der Waals surface area contributed by atoms with E-state index in [1.807, 2.05) is 42.5 Å². The highest BCUT2D eigenvalue weighted by Gasteiger charge is 2.25. The first kappa shape index (κ1) is 16.9. The Balaban J connectivity index is 1.34. The van der Waals surface area contributed by atoms with E-state index in [0.29, 0.717) is 5.22 Å². The lowest BCUT2D eigenvalue weighted by atomic mass is 10.2. The highest BCUT2D eigenvalue weighted by Crippen LogP contribution is 2.24. The van der Waals surface area contributed by atoms with Crippen LogP contribution >= 0.6 is 23.4 Å². The Hall–Kier alpha value is -1.53. The minimum absolute atomic E-state index is 0.200. The third-order valence-electron chi connectivity index (χ3n) is 4.39. The number of ether oxygens (including phenoxy) is 1. The van der Waals surface area contributed by atoms with Gasteiger partial charge in [-0.2, -0.15) is 0 Å². The van der Waals surface area contributed by atoms with Crippen molar-refractivity contribution in [2.75, 3.05) is 25.4 Å². The number of quaternary nitrogens is 1. The van der Waals surface area contributed by atoms with Gasteiger partial charge in [0, 0.05) is 16.3 Å². The summed E-state index contributed by atoms with van der Waals surface area (Å²) in [7, 11) is 0. The molecule has 4 nitrogen and oxygen atoms in total. The van der Waals surface area contributed by atoms with E-state index >= 15 is 0 Å². The SMILES string of the molecule is Clc1ccccc1C[NH+]1CCO[C@H](CSc2nc3ccccc3o2)C1. The van der Waals surface area contributed by atoms with Gasteiger partial charge in [-0.3, -0.25) is 0 Å². The van der Waals surface area contributed by atoms with Gasteiger partial charge in [0.25, 0.3) is 5.22 Å². The van der Waals surface area contributed by atoms with E-state index in [9.17, 15) is 0 Å². The van der Waals surface area contributed by atoms with Crippen molar-refractivity contribution in [3.05, 3.63) is 59.1 Å². The molecule has 2 aromatic carbocycles. The zero-order valence-electron chi connectivity index (χ0n) is 13.8. The number of hydrogen-bond donors (Lipinski definition) is 1. The van der Waals surface area contributed by atoms with Gasteiger partial charge in [0.2, 0.25) is 0 Å². The van der Waals surface area contributed by atoms with Crippen LogP contribution in [0.1, 0.15) is 5.56 Å². The van der Waals surface area contributed by atoms with Crippen molar-refractivity contribution in [1.29, 1.82) is 0 Å². The first-order chi connectivity index (χ1) is 12.3. The molecule has 1 aliphatic rings. The Labute approximate surface area is 156 Å². The van der Waals surface area contributed by atoms with Crippen LogP contribution in [0.15, 0.2) is 58.2 Å². The van der Waals surface area contributed by atoms with Crippen LogP contribution in [0, 0.1) is 0 Å². The van der Waals surface area contributed by atoms with Gasteiger partial charge in [0.15, 0.2) is 5.58 Å². The van der Waals surface area contributed by atoms with Crippen molar-refractivity contribution in [3.63, 3.8) is 0 Å². The fourth-order valence-corrected chi connectivity index (χ4v) is 4.17. The molecule has 1 N–H and O–H groups in total. The van der Waals surface area contributed by atoms with Gasteiger partial charge in [-0.25, -0.2) is 4.98 Å². The number of rotatable bonds is 5. The number of para-hydroxylation sites is 2. The van der Waals surface area contributed by atoms with Crippen molar-refractivity contribution >= 4 is 34.5 Å². The molecule has 130 valence electrons. The number of fused-ring (bicyclic) bond motifs is 1. The Morgan fingerprint density at radius 2 is 2.00 bits per heavy atom. The number of thioether (sulfide) groups is 1. The summed E-state index contributed by atoms with van der Waals surface area (Å²) in [5, 5.41) is 1.56. The van der Waals surface area contributed by atoms with Crippen molar-refractivity contribution in [2.24, 2.45) is 0 Å². The molecule has 0 bridgehead atoms. The summed E-state index contributed by atoms with van der Waals surface area (Å²) in [5.74, 6) is 0.846. The smallest absolute Gasteiger partial charge is 0.256 e. The molecular formula is C19H20ClN2O2S+. The zero-order chi connectivity index (χ0) is 17.1. The topological polar surface area (TPSA) is 39.7 Å². The van der Waals surface area contributed by atoms with Crippen LogP contribution < -0.4 is 4.90 Å². The molecule has 0 aliphatic carbocycles. The van der Waals surface area contributed by atoms with Crippen LogP contribution in [-0.4, -0.2) is 36.5 Å². The summed E-state index contributed by atoms with van der Waals surface area (Å²) < 4.78 is 11.7. The minimum Gasteiger partial charge on any atom is -0.431 e. The lowest BCUT2D eigenvalue weighted by Crippen LogP contribution is -3.13. The van der Waals surface area contributed by atoms with Crippen molar-refractivity contribution in [2.45, 2.75) is 17.9 Å². The maximum absolute atomic E-state index is 6.29. The number of aromatic nitrogens is 1. The summed E-state index contributed by atoms with van der Waals surface area (Å²) in [6.45, 7) is 3.69. The summed E-state index contributed by atoms with van der Waals surface area (Å²) in [6, 6.07) is 15.9. The molecule has 1 aromatic heterocycles. The molecule has 0 amide bonds. The molecule has 3 aromatic rings. The van der Waals surface area contributed by atoms with Crippen LogP contribution in [0.2, 0.25) is 5.02 Å². The van der Waals surface area contributed by atoms with Crippen LogP contribution in [0.25, 0.3) is 11.1 Å². The Morgan fingerprint density at radius 1 is 1.16 bits per heavy atom. The number of morpholine rings is 1. The van der Waals surface area contributed by atoms with Gasteiger partial charge in [-0.05, 0) is 18.2 Å². The zero-order valence-corrected chi connectivity index (χ0v) is 15.4. The predicted octanol–water partition coefficient (Wildman–Crippen LogP) is 3.06. The van der Waals surface area contributed by atoms with E-state index in [0.717, 1.165) is 48.1 Å². The molecule has 0 radical (unpaired) electrons. The summed E-state index contributed by atoms with van der Waals surface area (Å²) in [5.41, 5.74) is 2.94. The van der Waals surface area contributed by atoms with Crippen LogP contribution in [-0.2, 0) is 11.3 Å². The summed E-state index contributed by atoms with van der Waals surface area (Å²) >= 11 is 7.91. The van der Waals surface area contributed by atoms with E-state index < -0.39 is 0 Å².